The van der Waals surface area contributed by atoms with Crippen LogP contribution in [0.25, 0.3) is 16.8 Å². The van der Waals surface area contributed by atoms with Gasteiger partial charge in [0.2, 0.25) is 11.8 Å². The molecular weight excluding hydrogens is 436 g/mol. The number of amides is 2. The maximum Gasteiger partial charge on any atom is 0.257 e. The third kappa shape index (κ3) is 6.08. The maximum absolute atomic E-state index is 13.5. The van der Waals surface area contributed by atoms with Gasteiger partial charge in [0.1, 0.15) is 5.92 Å². The van der Waals surface area contributed by atoms with Crippen molar-refractivity contribution in [2.75, 3.05) is 11.4 Å². The molecule has 7 heteroatoms. The number of sulfonamides is 1. The van der Waals surface area contributed by atoms with Crippen molar-refractivity contribution in [2.24, 2.45) is 5.92 Å². The first-order valence-electron chi connectivity index (χ1n) is 10.9. The van der Waals surface area contributed by atoms with Crippen LogP contribution in [0.15, 0.2) is 78.2 Å². The first-order chi connectivity index (χ1) is 15.9. The number of anilines is 1. The molecule has 0 fully saturated rings. The average molecular weight is 465 g/mol. The van der Waals surface area contributed by atoms with E-state index in [4.69, 9.17) is 0 Å². The second-order valence-corrected chi connectivity index (χ2v) is 9.21. The van der Waals surface area contributed by atoms with Crippen LogP contribution >= 0.6 is 0 Å². The lowest BCUT2D eigenvalue weighted by Gasteiger charge is -2.27. The molecule has 0 aliphatic rings. The molecule has 0 aromatic heterocycles. The SMILES string of the molecule is CCCC(C(=O)NS(=O)(=O)/C=C/c1ccccc1)C(=O)N(CC)c1cccc2ccccc12. The van der Waals surface area contributed by atoms with Gasteiger partial charge in [-0.05, 0) is 36.4 Å². The van der Waals surface area contributed by atoms with Crippen LogP contribution < -0.4 is 9.62 Å². The van der Waals surface area contributed by atoms with E-state index in [1.165, 1.54) is 6.08 Å². The Morgan fingerprint density at radius 2 is 1.61 bits per heavy atom. The number of carbonyl (C=O) groups is 2. The molecule has 0 saturated heterocycles. The lowest BCUT2D eigenvalue weighted by atomic mass is 10.00. The molecule has 3 rings (SSSR count). The van der Waals surface area contributed by atoms with Crippen LogP contribution in [-0.2, 0) is 19.6 Å². The predicted octanol–water partition coefficient (Wildman–Crippen LogP) is 4.73. The molecule has 1 N–H and O–H groups in total. The zero-order valence-corrected chi connectivity index (χ0v) is 19.6. The van der Waals surface area contributed by atoms with Gasteiger partial charge in [0, 0.05) is 11.9 Å². The standard InChI is InChI=1S/C26H28N2O4S/c1-3-11-23(25(29)27-33(31,32)19-18-20-12-6-5-7-13-20)26(30)28(4-2)24-17-10-15-21-14-8-9-16-22(21)24/h5-10,12-19,23H,3-4,11H2,1-2H3,(H,27,29)/b19-18+. The van der Waals surface area contributed by atoms with E-state index in [0.717, 1.165) is 16.2 Å². The molecule has 6 nitrogen and oxygen atoms in total. The summed E-state index contributed by atoms with van der Waals surface area (Å²) in [6.45, 7) is 4.03. The van der Waals surface area contributed by atoms with Crippen LogP contribution in [0.5, 0.6) is 0 Å². The number of hydrogen-bond acceptors (Lipinski definition) is 4. The number of rotatable bonds is 9. The summed E-state index contributed by atoms with van der Waals surface area (Å²) in [5.74, 6) is -2.36. The van der Waals surface area contributed by atoms with Gasteiger partial charge in [-0.1, -0.05) is 80.1 Å². The highest BCUT2D eigenvalue weighted by molar-refractivity contribution is 7.93. The van der Waals surface area contributed by atoms with Crippen LogP contribution in [0.4, 0.5) is 5.69 Å². The number of carbonyl (C=O) groups excluding carboxylic acids is 2. The van der Waals surface area contributed by atoms with Crippen LogP contribution in [-0.4, -0.2) is 26.8 Å². The van der Waals surface area contributed by atoms with Crippen molar-refractivity contribution in [2.45, 2.75) is 26.7 Å². The molecule has 0 radical (unpaired) electrons. The number of nitrogens with zero attached hydrogens (tertiary/aromatic N) is 1. The summed E-state index contributed by atoms with van der Waals surface area (Å²) >= 11 is 0. The maximum atomic E-state index is 13.5. The zero-order chi connectivity index (χ0) is 23.8. The molecule has 3 aromatic rings. The van der Waals surface area contributed by atoms with Gasteiger partial charge in [-0.25, -0.2) is 13.1 Å². The minimum Gasteiger partial charge on any atom is -0.311 e. The third-order valence-electron chi connectivity index (χ3n) is 5.31. The van der Waals surface area contributed by atoms with Crippen LogP contribution in [0.3, 0.4) is 0 Å². The van der Waals surface area contributed by atoms with E-state index < -0.39 is 27.8 Å². The fourth-order valence-corrected chi connectivity index (χ4v) is 4.54. The highest BCUT2D eigenvalue weighted by Crippen LogP contribution is 2.28. The van der Waals surface area contributed by atoms with Crippen molar-refractivity contribution >= 4 is 44.4 Å². The summed E-state index contributed by atoms with van der Waals surface area (Å²) in [4.78, 5) is 28.0. The van der Waals surface area contributed by atoms with Crippen molar-refractivity contribution in [3.8, 4) is 0 Å². The van der Waals surface area contributed by atoms with Crippen molar-refractivity contribution in [1.29, 1.82) is 0 Å². The van der Waals surface area contributed by atoms with Crippen molar-refractivity contribution < 1.29 is 18.0 Å². The van der Waals surface area contributed by atoms with Crippen LogP contribution in [0.2, 0.25) is 0 Å². The Bertz CT molecular complexity index is 1250. The van der Waals surface area contributed by atoms with E-state index in [1.54, 1.807) is 29.2 Å². The van der Waals surface area contributed by atoms with Gasteiger partial charge in [-0.15, -0.1) is 0 Å². The van der Waals surface area contributed by atoms with E-state index in [9.17, 15) is 18.0 Å². The van der Waals surface area contributed by atoms with Gasteiger partial charge in [0.15, 0.2) is 0 Å². The zero-order valence-electron chi connectivity index (χ0n) is 18.8. The summed E-state index contributed by atoms with van der Waals surface area (Å²) in [5, 5.41) is 2.81. The van der Waals surface area contributed by atoms with Crippen molar-refractivity contribution in [1.82, 2.24) is 4.72 Å². The summed E-state index contributed by atoms with van der Waals surface area (Å²) in [5.41, 5.74) is 1.38. The molecular formula is C26H28N2O4S. The van der Waals surface area contributed by atoms with E-state index in [-0.39, 0.29) is 6.42 Å². The van der Waals surface area contributed by atoms with E-state index in [2.05, 4.69) is 4.72 Å². The minimum atomic E-state index is -4.06. The van der Waals surface area contributed by atoms with Gasteiger partial charge in [0.25, 0.3) is 10.0 Å². The Morgan fingerprint density at radius 3 is 2.30 bits per heavy atom. The Morgan fingerprint density at radius 1 is 0.939 bits per heavy atom. The van der Waals surface area contributed by atoms with Crippen molar-refractivity contribution in [3.05, 3.63) is 83.8 Å². The largest absolute Gasteiger partial charge is 0.311 e. The minimum absolute atomic E-state index is 0.240. The molecule has 0 heterocycles. The topological polar surface area (TPSA) is 83.5 Å². The van der Waals surface area contributed by atoms with E-state index in [0.29, 0.717) is 24.2 Å². The highest BCUT2D eigenvalue weighted by Gasteiger charge is 2.32. The fraction of sp³-hybridized carbons (Fsp3) is 0.231. The number of nitrogens with one attached hydrogen (secondary N) is 1. The Balaban J connectivity index is 1.85. The molecule has 0 aliphatic carbocycles. The Labute approximate surface area is 195 Å². The van der Waals surface area contributed by atoms with Crippen molar-refractivity contribution in [3.63, 3.8) is 0 Å². The first kappa shape index (κ1) is 24.2. The summed E-state index contributed by atoms with van der Waals surface area (Å²) < 4.78 is 27.0. The second kappa shape index (κ2) is 10.9. The molecule has 1 unspecified atom stereocenters. The molecule has 33 heavy (non-hydrogen) atoms. The molecule has 0 bridgehead atoms. The van der Waals surface area contributed by atoms with E-state index >= 15 is 0 Å². The summed E-state index contributed by atoms with van der Waals surface area (Å²) in [6, 6.07) is 22.3. The smallest absolute Gasteiger partial charge is 0.257 e. The first-order valence-corrected chi connectivity index (χ1v) is 12.5. The summed E-state index contributed by atoms with van der Waals surface area (Å²) in [6.07, 6.45) is 2.20. The van der Waals surface area contributed by atoms with E-state index in [1.807, 2.05) is 62.4 Å². The monoisotopic (exact) mass is 464 g/mol. The van der Waals surface area contributed by atoms with Crippen LogP contribution in [0, 0.1) is 5.92 Å². The number of benzene rings is 3. The molecule has 0 aliphatic heterocycles. The molecule has 172 valence electrons. The number of hydrogen-bond donors (Lipinski definition) is 1. The van der Waals surface area contributed by atoms with Gasteiger partial charge in [-0.3, -0.25) is 9.59 Å². The molecule has 1 atom stereocenters. The normalized spacial score (nSPS) is 12.5. The lowest BCUT2D eigenvalue weighted by molar-refractivity contribution is -0.132. The third-order valence-corrected chi connectivity index (χ3v) is 6.29. The van der Waals surface area contributed by atoms with Gasteiger partial charge in [-0.2, -0.15) is 0 Å². The van der Waals surface area contributed by atoms with Crippen LogP contribution in [0.1, 0.15) is 32.3 Å². The Kier molecular flexibility index (Phi) is 8.01. The average Bonchev–Trinajstić information content (AvgIpc) is 2.82. The fourth-order valence-electron chi connectivity index (χ4n) is 3.71. The van der Waals surface area contributed by atoms with Gasteiger partial charge >= 0.3 is 0 Å². The Hall–Kier alpha value is -3.45. The quantitative estimate of drug-likeness (QED) is 0.464. The highest BCUT2D eigenvalue weighted by atomic mass is 32.2. The molecule has 3 aromatic carbocycles. The number of fused-ring (bicyclic) bond motifs is 1. The second-order valence-electron chi connectivity index (χ2n) is 7.65. The van der Waals surface area contributed by atoms with Gasteiger partial charge < -0.3 is 4.90 Å². The molecule has 0 saturated carbocycles. The molecule has 2 amide bonds. The van der Waals surface area contributed by atoms with Gasteiger partial charge in [0.05, 0.1) is 11.1 Å². The lowest BCUT2D eigenvalue weighted by Crippen LogP contribution is -2.45. The summed E-state index contributed by atoms with van der Waals surface area (Å²) in [7, 11) is -4.06. The predicted molar refractivity (Wildman–Crippen MR) is 133 cm³/mol. The molecule has 0 spiro atoms.